The van der Waals surface area contributed by atoms with Crippen molar-refractivity contribution >= 4 is 21.6 Å². The minimum atomic E-state index is -3.49. The molecule has 3 rings (SSSR count). The van der Waals surface area contributed by atoms with Crippen LogP contribution < -0.4 is 5.32 Å². The second-order valence-electron chi connectivity index (χ2n) is 8.53. The SMILES string of the molecule is CC1CC(C)CN(S(=O)(=O)c2ccc(NC(=O)CN3CCCCCC3)cc2)C1. The number of likely N-dealkylation sites (tertiary alicyclic amines) is 1. The Morgan fingerprint density at radius 3 is 2.14 bits per heavy atom. The van der Waals surface area contributed by atoms with Crippen molar-refractivity contribution in [2.75, 3.05) is 38.0 Å². The third kappa shape index (κ3) is 5.55. The fraction of sp³-hybridized carbons (Fsp3) is 0.667. The fourth-order valence-electron chi connectivity index (χ4n) is 4.36. The van der Waals surface area contributed by atoms with Crippen molar-refractivity contribution in [2.45, 2.75) is 50.8 Å². The summed E-state index contributed by atoms with van der Waals surface area (Å²) in [5, 5.41) is 2.89. The van der Waals surface area contributed by atoms with Crippen LogP contribution in [0.25, 0.3) is 0 Å². The van der Waals surface area contributed by atoms with Gasteiger partial charge < -0.3 is 5.32 Å². The van der Waals surface area contributed by atoms with E-state index < -0.39 is 10.0 Å². The van der Waals surface area contributed by atoms with Gasteiger partial charge in [0.25, 0.3) is 0 Å². The van der Waals surface area contributed by atoms with E-state index in [1.54, 1.807) is 28.6 Å². The first kappa shape index (κ1) is 21.3. The van der Waals surface area contributed by atoms with Crippen LogP contribution in [0.15, 0.2) is 29.2 Å². The highest BCUT2D eigenvalue weighted by Gasteiger charge is 2.31. The van der Waals surface area contributed by atoms with Crippen molar-refractivity contribution in [2.24, 2.45) is 11.8 Å². The molecule has 2 heterocycles. The lowest BCUT2D eigenvalue weighted by Gasteiger charge is -2.34. The molecule has 0 aliphatic carbocycles. The standard InChI is InChI=1S/C21H33N3O3S/c1-17-13-18(2)15-24(14-17)28(26,27)20-9-7-19(8-10-20)22-21(25)16-23-11-5-3-4-6-12-23/h7-10,17-18H,3-6,11-16H2,1-2H3,(H,22,25). The summed E-state index contributed by atoms with van der Waals surface area (Å²) in [5.41, 5.74) is 0.638. The number of nitrogens with one attached hydrogen (secondary N) is 1. The molecule has 0 saturated carbocycles. The van der Waals surface area contributed by atoms with Crippen molar-refractivity contribution in [3.63, 3.8) is 0 Å². The van der Waals surface area contributed by atoms with E-state index >= 15 is 0 Å². The van der Waals surface area contributed by atoms with Crippen molar-refractivity contribution < 1.29 is 13.2 Å². The topological polar surface area (TPSA) is 69.7 Å². The zero-order chi connectivity index (χ0) is 20.1. The summed E-state index contributed by atoms with van der Waals surface area (Å²) in [6.07, 6.45) is 5.83. The number of benzene rings is 1. The Kier molecular flexibility index (Phi) is 7.12. The molecular weight excluding hydrogens is 374 g/mol. The van der Waals surface area contributed by atoms with Crippen molar-refractivity contribution in [1.29, 1.82) is 0 Å². The highest BCUT2D eigenvalue weighted by molar-refractivity contribution is 7.89. The van der Waals surface area contributed by atoms with E-state index in [0.29, 0.717) is 42.1 Å². The Balaban J connectivity index is 1.60. The molecule has 1 amide bonds. The molecule has 28 heavy (non-hydrogen) atoms. The molecule has 2 aliphatic heterocycles. The van der Waals surface area contributed by atoms with E-state index in [4.69, 9.17) is 0 Å². The zero-order valence-corrected chi connectivity index (χ0v) is 17.9. The van der Waals surface area contributed by atoms with Crippen LogP contribution in [0.5, 0.6) is 0 Å². The van der Waals surface area contributed by atoms with E-state index in [9.17, 15) is 13.2 Å². The molecule has 1 aromatic carbocycles. The second kappa shape index (κ2) is 9.37. The smallest absolute Gasteiger partial charge is 0.243 e. The average molecular weight is 408 g/mol. The third-order valence-electron chi connectivity index (χ3n) is 5.68. The molecule has 1 N–H and O–H groups in total. The van der Waals surface area contributed by atoms with Gasteiger partial charge in [-0.1, -0.05) is 26.7 Å². The lowest BCUT2D eigenvalue weighted by atomic mass is 9.94. The van der Waals surface area contributed by atoms with Crippen LogP contribution in [-0.2, 0) is 14.8 Å². The minimum Gasteiger partial charge on any atom is -0.325 e. The molecule has 0 radical (unpaired) electrons. The van der Waals surface area contributed by atoms with Crippen molar-refractivity contribution in [1.82, 2.24) is 9.21 Å². The molecule has 2 saturated heterocycles. The molecular formula is C21H33N3O3S. The number of piperidine rings is 1. The first-order valence-electron chi connectivity index (χ1n) is 10.5. The van der Waals surface area contributed by atoms with Crippen LogP contribution in [0.2, 0.25) is 0 Å². The summed E-state index contributed by atoms with van der Waals surface area (Å²) in [5.74, 6) is 0.698. The molecule has 0 bridgehead atoms. The summed E-state index contributed by atoms with van der Waals surface area (Å²) in [7, 11) is -3.49. The normalized spacial score (nSPS) is 25.2. The van der Waals surface area contributed by atoms with Crippen LogP contribution in [0.4, 0.5) is 5.69 Å². The van der Waals surface area contributed by atoms with Gasteiger partial charge in [-0.25, -0.2) is 8.42 Å². The Labute approximate surface area is 169 Å². The number of rotatable bonds is 5. The number of carbonyl (C=O) groups excluding carboxylic acids is 1. The first-order valence-corrected chi connectivity index (χ1v) is 11.9. The summed E-state index contributed by atoms with van der Waals surface area (Å²) < 4.78 is 27.5. The van der Waals surface area contributed by atoms with Crippen LogP contribution in [0, 0.1) is 11.8 Å². The van der Waals surface area contributed by atoms with Gasteiger partial charge in [0, 0.05) is 18.8 Å². The summed E-state index contributed by atoms with van der Waals surface area (Å²) >= 11 is 0. The van der Waals surface area contributed by atoms with Crippen molar-refractivity contribution in [3.8, 4) is 0 Å². The summed E-state index contributed by atoms with van der Waals surface area (Å²) in [6, 6.07) is 6.57. The number of anilines is 1. The molecule has 0 spiro atoms. The number of hydrogen-bond donors (Lipinski definition) is 1. The van der Waals surface area contributed by atoms with Gasteiger partial charge >= 0.3 is 0 Å². The van der Waals surface area contributed by atoms with Crippen LogP contribution >= 0.6 is 0 Å². The maximum atomic E-state index is 12.9. The quantitative estimate of drug-likeness (QED) is 0.814. The lowest BCUT2D eigenvalue weighted by Crippen LogP contribution is -2.42. The van der Waals surface area contributed by atoms with Gasteiger partial charge in [-0.05, 0) is 68.5 Å². The van der Waals surface area contributed by atoms with E-state index in [2.05, 4.69) is 24.1 Å². The van der Waals surface area contributed by atoms with Gasteiger partial charge in [0.15, 0.2) is 0 Å². The molecule has 7 heteroatoms. The van der Waals surface area contributed by atoms with Gasteiger partial charge in [-0.3, -0.25) is 9.69 Å². The molecule has 156 valence electrons. The van der Waals surface area contributed by atoms with Crippen LogP contribution in [0.3, 0.4) is 0 Å². The van der Waals surface area contributed by atoms with Crippen LogP contribution in [0.1, 0.15) is 46.0 Å². The van der Waals surface area contributed by atoms with E-state index in [-0.39, 0.29) is 5.91 Å². The van der Waals surface area contributed by atoms with Crippen LogP contribution in [-0.4, -0.2) is 56.3 Å². The third-order valence-corrected chi connectivity index (χ3v) is 7.52. The first-order chi connectivity index (χ1) is 13.3. The van der Waals surface area contributed by atoms with E-state index in [1.165, 1.54) is 12.8 Å². The highest BCUT2D eigenvalue weighted by Crippen LogP contribution is 2.27. The maximum absolute atomic E-state index is 12.9. The largest absolute Gasteiger partial charge is 0.325 e. The Bertz CT molecular complexity index is 746. The maximum Gasteiger partial charge on any atom is 0.243 e. The monoisotopic (exact) mass is 407 g/mol. The Morgan fingerprint density at radius 2 is 1.57 bits per heavy atom. The number of amides is 1. The Hall–Kier alpha value is -1.44. The van der Waals surface area contributed by atoms with E-state index in [1.807, 2.05) is 0 Å². The number of sulfonamides is 1. The molecule has 6 nitrogen and oxygen atoms in total. The zero-order valence-electron chi connectivity index (χ0n) is 17.1. The summed E-state index contributed by atoms with van der Waals surface area (Å²) in [6.45, 7) is 7.67. The van der Waals surface area contributed by atoms with Gasteiger partial charge in [-0.15, -0.1) is 0 Å². The van der Waals surface area contributed by atoms with Gasteiger partial charge in [0.1, 0.15) is 0 Å². The van der Waals surface area contributed by atoms with E-state index in [0.717, 1.165) is 32.4 Å². The lowest BCUT2D eigenvalue weighted by molar-refractivity contribution is -0.117. The molecule has 2 aliphatic rings. The Morgan fingerprint density at radius 1 is 1.00 bits per heavy atom. The average Bonchev–Trinajstić information content (AvgIpc) is 2.90. The van der Waals surface area contributed by atoms with Gasteiger partial charge in [0.2, 0.25) is 15.9 Å². The molecule has 2 fully saturated rings. The minimum absolute atomic E-state index is 0.0452. The molecule has 2 atom stereocenters. The highest BCUT2D eigenvalue weighted by atomic mass is 32.2. The van der Waals surface area contributed by atoms with Gasteiger partial charge in [0.05, 0.1) is 11.4 Å². The number of carbonyl (C=O) groups is 1. The molecule has 2 unspecified atom stereocenters. The number of hydrogen-bond acceptors (Lipinski definition) is 4. The number of nitrogens with zero attached hydrogens (tertiary/aromatic N) is 2. The predicted octanol–water partition coefficient (Wildman–Crippen LogP) is 3.17. The second-order valence-corrected chi connectivity index (χ2v) is 10.5. The fourth-order valence-corrected chi connectivity index (χ4v) is 6.04. The summed E-state index contributed by atoms with van der Waals surface area (Å²) in [4.78, 5) is 14.8. The van der Waals surface area contributed by atoms with Crippen molar-refractivity contribution in [3.05, 3.63) is 24.3 Å². The molecule has 1 aromatic rings. The predicted molar refractivity (Wildman–Crippen MR) is 112 cm³/mol. The molecule has 0 aromatic heterocycles. The van der Waals surface area contributed by atoms with Gasteiger partial charge in [-0.2, -0.15) is 4.31 Å².